The third-order valence-corrected chi connectivity index (χ3v) is 3.32. The van der Waals surface area contributed by atoms with Crippen molar-refractivity contribution in [2.45, 2.75) is 26.4 Å². The Morgan fingerprint density at radius 2 is 2.04 bits per heavy atom. The van der Waals surface area contributed by atoms with Gasteiger partial charge in [-0.3, -0.25) is 0 Å². The first-order valence-corrected chi connectivity index (χ1v) is 8.70. The number of halogens is 1. The predicted octanol–water partition coefficient (Wildman–Crippen LogP) is 2.20. The summed E-state index contributed by atoms with van der Waals surface area (Å²) in [6, 6.07) is 6.16. The van der Waals surface area contributed by atoms with E-state index in [4.69, 9.17) is 14.2 Å². The maximum Gasteiger partial charge on any atom is 0.191 e. The Labute approximate surface area is 149 Å². The molecule has 0 saturated carbocycles. The summed E-state index contributed by atoms with van der Waals surface area (Å²) >= 11 is 0. The van der Waals surface area contributed by atoms with Crippen molar-refractivity contribution in [1.29, 1.82) is 0 Å². The second kappa shape index (κ2) is 13.4. The molecule has 6 nitrogen and oxygen atoms in total. The zero-order chi connectivity index (χ0) is 18.3. The molecule has 1 unspecified atom stereocenters. The van der Waals surface area contributed by atoms with E-state index in [1.807, 2.05) is 13.8 Å². The molecular weight excluding hydrogens is 325 g/mol. The summed E-state index contributed by atoms with van der Waals surface area (Å²) in [4.78, 5) is 4.53. The molecule has 0 aliphatic carbocycles. The maximum absolute atomic E-state index is 13.2. The lowest BCUT2D eigenvalue weighted by Crippen LogP contribution is -2.39. The lowest BCUT2D eigenvalue weighted by molar-refractivity contribution is 0.0733. The third-order valence-electron chi connectivity index (χ3n) is 3.32. The number of nitrogens with zero attached hydrogens (tertiary/aromatic N) is 1. The van der Waals surface area contributed by atoms with E-state index in [9.17, 15) is 4.39 Å². The molecule has 1 atom stereocenters. The van der Waals surface area contributed by atoms with Crippen molar-refractivity contribution in [3.05, 3.63) is 30.1 Å². The van der Waals surface area contributed by atoms with E-state index in [0.717, 1.165) is 13.0 Å². The number of nitrogens with one attached hydrogen (secondary N) is 2. The highest BCUT2D eigenvalue weighted by molar-refractivity contribution is 5.79. The molecule has 0 amide bonds. The number of aliphatic imine (C=N–C) groups is 1. The van der Waals surface area contributed by atoms with Crippen LogP contribution in [0.2, 0.25) is 0 Å². The summed E-state index contributed by atoms with van der Waals surface area (Å²) in [6.45, 7) is 7.65. The molecule has 0 radical (unpaired) electrons. The average molecular weight is 355 g/mol. The molecule has 0 aliphatic rings. The van der Waals surface area contributed by atoms with E-state index in [1.165, 1.54) is 12.1 Å². The molecule has 142 valence electrons. The molecule has 0 aliphatic heterocycles. The number of benzene rings is 1. The van der Waals surface area contributed by atoms with Gasteiger partial charge >= 0.3 is 0 Å². The number of hydrogen-bond donors (Lipinski definition) is 2. The third kappa shape index (κ3) is 9.89. The molecule has 0 aromatic heterocycles. The van der Waals surface area contributed by atoms with Gasteiger partial charge in [-0.15, -0.1) is 0 Å². The van der Waals surface area contributed by atoms with E-state index in [0.29, 0.717) is 44.6 Å². The van der Waals surface area contributed by atoms with Crippen LogP contribution < -0.4 is 15.4 Å². The summed E-state index contributed by atoms with van der Waals surface area (Å²) in [5.41, 5.74) is 0. The molecule has 0 bridgehead atoms. The fourth-order valence-corrected chi connectivity index (χ4v) is 2.00. The highest BCUT2D eigenvalue weighted by Gasteiger charge is 2.09. The van der Waals surface area contributed by atoms with Gasteiger partial charge in [0.25, 0.3) is 0 Å². The van der Waals surface area contributed by atoms with Crippen LogP contribution in [0.1, 0.15) is 20.3 Å². The SMILES string of the molecule is CCNC(=NCC(CC)Oc1cccc(F)c1)NCCOCCOC. The van der Waals surface area contributed by atoms with Crippen molar-refractivity contribution in [3.8, 4) is 5.75 Å². The topological polar surface area (TPSA) is 64.1 Å². The van der Waals surface area contributed by atoms with Gasteiger partial charge in [0.2, 0.25) is 0 Å². The first-order valence-electron chi connectivity index (χ1n) is 8.70. The molecule has 0 fully saturated rings. The van der Waals surface area contributed by atoms with Gasteiger partial charge in [-0.05, 0) is 25.5 Å². The van der Waals surface area contributed by atoms with E-state index in [-0.39, 0.29) is 11.9 Å². The standard InChI is InChI=1S/C18H30FN3O3/c1-4-16(25-17-8-6-7-15(19)13-17)14-22-18(20-5-2)21-9-10-24-12-11-23-3/h6-8,13,16H,4-5,9-12,14H2,1-3H3,(H2,20,21,22). The summed E-state index contributed by atoms with van der Waals surface area (Å²) < 4.78 is 29.4. The van der Waals surface area contributed by atoms with Gasteiger partial charge in [-0.25, -0.2) is 9.38 Å². The monoisotopic (exact) mass is 355 g/mol. The quantitative estimate of drug-likeness (QED) is 0.342. The van der Waals surface area contributed by atoms with Crippen molar-refractivity contribution in [3.63, 3.8) is 0 Å². The Bertz CT molecular complexity index is 500. The van der Waals surface area contributed by atoms with Crippen LogP contribution in [0.4, 0.5) is 4.39 Å². The molecule has 0 saturated heterocycles. The Hall–Kier alpha value is -1.86. The fraction of sp³-hybridized carbons (Fsp3) is 0.611. The number of rotatable bonds is 12. The normalized spacial score (nSPS) is 12.7. The molecule has 1 aromatic carbocycles. The lowest BCUT2D eigenvalue weighted by atomic mass is 10.2. The average Bonchev–Trinajstić information content (AvgIpc) is 2.61. The molecule has 25 heavy (non-hydrogen) atoms. The fourth-order valence-electron chi connectivity index (χ4n) is 2.00. The smallest absolute Gasteiger partial charge is 0.191 e. The summed E-state index contributed by atoms with van der Waals surface area (Å²) in [6.07, 6.45) is 0.662. The first kappa shape index (κ1) is 21.2. The Morgan fingerprint density at radius 3 is 2.72 bits per heavy atom. The number of hydrogen-bond acceptors (Lipinski definition) is 4. The molecule has 7 heteroatoms. The van der Waals surface area contributed by atoms with Gasteiger partial charge in [0.1, 0.15) is 17.7 Å². The van der Waals surface area contributed by atoms with Crippen molar-refractivity contribution in [2.75, 3.05) is 46.6 Å². The van der Waals surface area contributed by atoms with Gasteiger partial charge in [0, 0.05) is 26.3 Å². The molecule has 1 rings (SSSR count). The van der Waals surface area contributed by atoms with Crippen molar-refractivity contribution in [1.82, 2.24) is 10.6 Å². The number of ether oxygens (including phenoxy) is 3. The predicted molar refractivity (Wildman–Crippen MR) is 97.8 cm³/mol. The summed E-state index contributed by atoms with van der Waals surface area (Å²) in [7, 11) is 1.65. The number of methoxy groups -OCH3 is 1. The Kier molecular flexibility index (Phi) is 11.4. The van der Waals surface area contributed by atoms with Gasteiger partial charge in [-0.2, -0.15) is 0 Å². The second-order valence-corrected chi connectivity index (χ2v) is 5.36. The van der Waals surface area contributed by atoms with E-state index < -0.39 is 0 Å². The van der Waals surface area contributed by atoms with Gasteiger partial charge in [0.15, 0.2) is 5.96 Å². The Balaban J connectivity index is 2.44. The first-order chi connectivity index (χ1) is 12.2. The van der Waals surface area contributed by atoms with Crippen LogP contribution in [0.5, 0.6) is 5.75 Å². The minimum atomic E-state index is -0.306. The minimum absolute atomic E-state index is 0.116. The second-order valence-electron chi connectivity index (χ2n) is 5.36. The highest BCUT2D eigenvalue weighted by atomic mass is 19.1. The van der Waals surface area contributed by atoms with Gasteiger partial charge in [0.05, 0.1) is 26.4 Å². The van der Waals surface area contributed by atoms with Crippen molar-refractivity contribution >= 4 is 5.96 Å². The molecule has 1 aromatic rings. The molecule has 0 spiro atoms. The van der Waals surface area contributed by atoms with Crippen LogP contribution in [0.25, 0.3) is 0 Å². The molecule has 0 heterocycles. The Morgan fingerprint density at radius 1 is 1.20 bits per heavy atom. The van der Waals surface area contributed by atoms with Crippen LogP contribution >= 0.6 is 0 Å². The van der Waals surface area contributed by atoms with E-state index in [1.54, 1.807) is 19.2 Å². The lowest BCUT2D eigenvalue weighted by Gasteiger charge is -2.17. The largest absolute Gasteiger partial charge is 0.488 e. The van der Waals surface area contributed by atoms with Crippen LogP contribution in [0.3, 0.4) is 0 Å². The van der Waals surface area contributed by atoms with Crippen molar-refractivity contribution in [2.24, 2.45) is 4.99 Å². The zero-order valence-corrected chi connectivity index (χ0v) is 15.4. The maximum atomic E-state index is 13.2. The summed E-state index contributed by atoms with van der Waals surface area (Å²) in [5, 5.41) is 6.39. The van der Waals surface area contributed by atoms with Gasteiger partial charge in [-0.1, -0.05) is 13.0 Å². The minimum Gasteiger partial charge on any atom is -0.488 e. The molecular formula is C18H30FN3O3. The van der Waals surface area contributed by atoms with Crippen LogP contribution in [0.15, 0.2) is 29.3 Å². The van der Waals surface area contributed by atoms with Gasteiger partial charge < -0.3 is 24.8 Å². The summed E-state index contributed by atoms with van der Waals surface area (Å²) in [5.74, 6) is 0.921. The zero-order valence-electron chi connectivity index (χ0n) is 15.4. The van der Waals surface area contributed by atoms with E-state index >= 15 is 0 Å². The highest BCUT2D eigenvalue weighted by Crippen LogP contribution is 2.15. The van der Waals surface area contributed by atoms with Crippen LogP contribution in [-0.4, -0.2) is 58.6 Å². The molecule has 2 N–H and O–H groups in total. The van der Waals surface area contributed by atoms with Crippen LogP contribution in [0, 0.1) is 5.82 Å². The van der Waals surface area contributed by atoms with Crippen molar-refractivity contribution < 1.29 is 18.6 Å². The number of guanidine groups is 1. The van der Waals surface area contributed by atoms with Crippen LogP contribution in [-0.2, 0) is 9.47 Å². The van der Waals surface area contributed by atoms with E-state index in [2.05, 4.69) is 15.6 Å².